The van der Waals surface area contributed by atoms with Crippen LogP contribution in [0.15, 0.2) is 48.7 Å². The molecule has 3 heterocycles. The van der Waals surface area contributed by atoms with Gasteiger partial charge in [-0.25, -0.2) is 4.98 Å². The smallest absolute Gasteiger partial charge is 0.228 e. The molecule has 1 aromatic carbocycles. The van der Waals surface area contributed by atoms with Gasteiger partial charge in [0.15, 0.2) is 0 Å². The minimum atomic E-state index is -0.323. The Morgan fingerprint density at radius 1 is 1.28 bits per heavy atom. The van der Waals surface area contributed by atoms with Crippen LogP contribution in [0.2, 0.25) is 0 Å². The summed E-state index contributed by atoms with van der Waals surface area (Å²) in [6.07, 6.45) is 2.63. The number of pyridine rings is 1. The molecule has 2 aromatic rings. The molecule has 2 aliphatic heterocycles. The predicted octanol–water partition coefficient (Wildman–Crippen LogP) is 2.20. The number of likely N-dealkylation sites (tertiary alicyclic amines) is 1. The quantitative estimate of drug-likeness (QED) is 0.929. The van der Waals surface area contributed by atoms with E-state index < -0.39 is 0 Å². The minimum Gasteiger partial charge on any atom is -0.481 e. The molecule has 0 radical (unpaired) electrons. The van der Waals surface area contributed by atoms with Gasteiger partial charge < -0.3 is 10.1 Å². The van der Waals surface area contributed by atoms with Crippen molar-refractivity contribution in [2.45, 2.75) is 18.9 Å². The van der Waals surface area contributed by atoms with Gasteiger partial charge in [0.25, 0.3) is 0 Å². The van der Waals surface area contributed by atoms with Gasteiger partial charge in [-0.3, -0.25) is 9.69 Å². The molecule has 4 rings (SSSR count). The third kappa shape index (κ3) is 2.78. The number of hydrogen-bond donors (Lipinski definition) is 1. The highest BCUT2D eigenvalue weighted by atomic mass is 16.5. The summed E-state index contributed by atoms with van der Waals surface area (Å²) in [5, 5.41) is 3.11. The average molecular weight is 337 g/mol. The Hall–Kier alpha value is -2.40. The van der Waals surface area contributed by atoms with E-state index in [9.17, 15) is 4.79 Å². The molecular formula is C20H23N3O2. The van der Waals surface area contributed by atoms with E-state index in [1.54, 1.807) is 13.3 Å². The molecule has 2 aliphatic rings. The molecule has 1 amide bonds. The van der Waals surface area contributed by atoms with Crippen molar-refractivity contribution in [3.05, 3.63) is 59.8 Å². The molecule has 1 aromatic heterocycles. The Balaban J connectivity index is 1.56. The molecule has 0 saturated carbocycles. The van der Waals surface area contributed by atoms with Gasteiger partial charge in [0.2, 0.25) is 11.8 Å². The Labute approximate surface area is 148 Å². The fraction of sp³-hybridized carbons (Fsp3) is 0.400. The van der Waals surface area contributed by atoms with Crippen molar-refractivity contribution in [1.29, 1.82) is 0 Å². The summed E-state index contributed by atoms with van der Waals surface area (Å²) >= 11 is 0. The van der Waals surface area contributed by atoms with Crippen molar-refractivity contribution in [2.24, 2.45) is 5.41 Å². The number of ether oxygens (including phenoxy) is 1. The highest BCUT2D eigenvalue weighted by Crippen LogP contribution is 2.47. The van der Waals surface area contributed by atoms with Crippen molar-refractivity contribution >= 4 is 5.91 Å². The maximum atomic E-state index is 12.7. The van der Waals surface area contributed by atoms with E-state index in [0.29, 0.717) is 5.88 Å². The number of nitrogens with zero attached hydrogens (tertiary/aromatic N) is 2. The number of benzene rings is 1. The Kier molecular flexibility index (Phi) is 4.17. The highest BCUT2D eigenvalue weighted by molar-refractivity contribution is 5.87. The molecule has 5 nitrogen and oxygen atoms in total. The second-order valence-electron chi connectivity index (χ2n) is 6.96. The summed E-state index contributed by atoms with van der Waals surface area (Å²) in [6.45, 7) is 3.17. The second kappa shape index (κ2) is 6.48. The number of rotatable bonds is 4. The van der Waals surface area contributed by atoms with E-state index in [-0.39, 0.29) is 17.2 Å². The van der Waals surface area contributed by atoms with Crippen molar-refractivity contribution < 1.29 is 9.53 Å². The van der Waals surface area contributed by atoms with E-state index in [4.69, 9.17) is 4.74 Å². The standard InChI is InChI=1S/C20H23N3O2/c1-25-18-16(8-5-10-21-18)13-23-11-9-20(14-23)17(12-22-19(20)24)15-6-3-2-4-7-15/h2-8,10,17H,9,11-14H2,1H3,(H,22,24)/t17-,20-/m0/s1. The van der Waals surface area contributed by atoms with Crippen LogP contribution in [0, 0.1) is 5.41 Å². The normalized spacial score (nSPS) is 26.1. The highest BCUT2D eigenvalue weighted by Gasteiger charge is 2.54. The summed E-state index contributed by atoms with van der Waals surface area (Å²) in [6, 6.07) is 14.4. The average Bonchev–Trinajstić information content (AvgIpc) is 3.21. The molecule has 0 bridgehead atoms. The Bertz CT molecular complexity index is 765. The lowest BCUT2D eigenvalue weighted by Crippen LogP contribution is -2.37. The maximum Gasteiger partial charge on any atom is 0.228 e. The van der Waals surface area contributed by atoms with Crippen LogP contribution in [-0.4, -0.2) is 42.5 Å². The van der Waals surface area contributed by atoms with Crippen LogP contribution in [-0.2, 0) is 11.3 Å². The van der Waals surface area contributed by atoms with Crippen molar-refractivity contribution in [3.8, 4) is 5.88 Å². The lowest BCUT2D eigenvalue weighted by Gasteiger charge is -2.28. The van der Waals surface area contributed by atoms with Gasteiger partial charge in [-0.1, -0.05) is 36.4 Å². The molecule has 5 heteroatoms. The Morgan fingerprint density at radius 2 is 2.12 bits per heavy atom. The van der Waals surface area contributed by atoms with Gasteiger partial charge in [0.05, 0.1) is 12.5 Å². The zero-order valence-electron chi connectivity index (χ0n) is 14.4. The van der Waals surface area contributed by atoms with E-state index >= 15 is 0 Å². The molecule has 2 saturated heterocycles. The summed E-state index contributed by atoms with van der Waals surface area (Å²) in [7, 11) is 1.65. The van der Waals surface area contributed by atoms with Gasteiger partial charge in [-0.05, 0) is 24.6 Å². The monoisotopic (exact) mass is 337 g/mol. The molecule has 0 unspecified atom stereocenters. The van der Waals surface area contributed by atoms with Gasteiger partial charge >= 0.3 is 0 Å². The third-order valence-corrected chi connectivity index (χ3v) is 5.61. The summed E-state index contributed by atoms with van der Waals surface area (Å²) in [5.74, 6) is 1.10. The predicted molar refractivity (Wildman–Crippen MR) is 95.3 cm³/mol. The van der Waals surface area contributed by atoms with Gasteiger partial charge in [-0.2, -0.15) is 0 Å². The Morgan fingerprint density at radius 3 is 2.92 bits per heavy atom. The second-order valence-corrected chi connectivity index (χ2v) is 6.96. The van der Waals surface area contributed by atoms with Crippen LogP contribution in [0.5, 0.6) is 5.88 Å². The van der Waals surface area contributed by atoms with Gasteiger partial charge in [0, 0.05) is 37.3 Å². The van der Waals surface area contributed by atoms with Gasteiger partial charge in [-0.15, -0.1) is 0 Å². The SMILES string of the molecule is COc1ncccc1CN1CC[C@@]2(C1)C(=O)NC[C@H]2c1ccccc1. The summed E-state index contributed by atoms with van der Waals surface area (Å²) < 4.78 is 5.37. The maximum absolute atomic E-state index is 12.7. The van der Waals surface area contributed by atoms with Crippen LogP contribution in [0.1, 0.15) is 23.5 Å². The number of methoxy groups -OCH3 is 1. The fourth-order valence-electron chi connectivity index (χ4n) is 4.34. The molecule has 2 atom stereocenters. The number of aromatic nitrogens is 1. The first kappa shape index (κ1) is 16.1. The van der Waals surface area contributed by atoms with E-state index in [1.807, 2.05) is 18.2 Å². The lowest BCUT2D eigenvalue weighted by atomic mass is 9.73. The number of carbonyl (C=O) groups is 1. The van der Waals surface area contributed by atoms with Gasteiger partial charge in [0.1, 0.15) is 0 Å². The van der Waals surface area contributed by atoms with Crippen LogP contribution >= 0.6 is 0 Å². The minimum absolute atomic E-state index is 0.196. The third-order valence-electron chi connectivity index (χ3n) is 5.61. The van der Waals surface area contributed by atoms with E-state index in [2.05, 4.69) is 39.5 Å². The van der Waals surface area contributed by atoms with Crippen molar-refractivity contribution in [1.82, 2.24) is 15.2 Å². The summed E-state index contributed by atoms with van der Waals surface area (Å²) in [5.41, 5.74) is 2.00. The first-order chi connectivity index (χ1) is 12.2. The molecule has 25 heavy (non-hydrogen) atoms. The zero-order valence-corrected chi connectivity index (χ0v) is 14.4. The van der Waals surface area contributed by atoms with Crippen LogP contribution in [0.4, 0.5) is 0 Å². The summed E-state index contributed by atoms with van der Waals surface area (Å²) in [4.78, 5) is 19.4. The first-order valence-electron chi connectivity index (χ1n) is 8.76. The molecular weight excluding hydrogens is 314 g/mol. The molecule has 1 spiro atoms. The van der Waals surface area contributed by atoms with E-state index in [1.165, 1.54) is 5.56 Å². The van der Waals surface area contributed by atoms with E-state index in [0.717, 1.165) is 38.2 Å². The largest absolute Gasteiger partial charge is 0.481 e. The fourth-order valence-corrected chi connectivity index (χ4v) is 4.34. The molecule has 1 N–H and O–H groups in total. The van der Waals surface area contributed by atoms with Crippen LogP contribution in [0.25, 0.3) is 0 Å². The van der Waals surface area contributed by atoms with Crippen molar-refractivity contribution in [3.63, 3.8) is 0 Å². The van der Waals surface area contributed by atoms with Crippen LogP contribution < -0.4 is 10.1 Å². The lowest BCUT2D eigenvalue weighted by molar-refractivity contribution is -0.127. The zero-order chi connectivity index (χ0) is 17.3. The molecule has 2 fully saturated rings. The number of nitrogens with one attached hydrogen (secondary N) is 1. The molecule has 0 aliphatic carbocycles. The first-order valence-corrected chi connectivity index (χ1v) is 8.76. The number of amides is 1. The number of hydrogen-bond acceptors (Lipinski definition) is 4. The molecule has 130 valence electrons. The van der Waals surface area contributed by atoms with Crippen LogP contribution in [0.3, 0.4) is 0 Å². The van der Waals surface area contributed by atoms with Crippen molar-refractivity contribution in [2.75, 3.05) is 26.7 Å². The number of carbonyl (C=O) groups excluding carboxylic acids is 1. The topological polar surface area (TPSA) is 54.5 Å².